The summed E-state index contributed by atoms with van der Waals surface area (Å²) in [4.78, 5) is 11.3. The summed E-state index contributed by atoms with van der Waals surface area (Å²) in [5.41, 5.74) is -0.0592. The summed E-state index contributed by atoms with van der Waals surface area (Å²) < 4.78 is 22.9. The fourth-order valence-corrected chi connectivity index (χ4v) is 3.11. The molecule has 0 fully saturated rings. The Kier molecular flexibility index (Phi) is 2.62. The second-order valence-corrected chi connectivity index (χ2v) is 7.04. The largest absolute Gasteiger partial charge is 0.268 e. The number of hydrogen-bond acceptors (Lipinski definition) is 3. The third kappa shape index (κ3) is 1.78. The van der Waals surface area contributed by atoms with Crippen molar-refractivity contribution in [2.24, 2.45) is 0 Å². The fourth-order valence-electron chi connectivity index (χ4n) is 1.45. The highest BCUT2D eigenvalue weighted by Gasteiger charge is 2.39. The molecule has 4 nitrogen and oxygen atoms in total. The first kappa shape index (κ1) is 12.0. The van der Waals surface area contributed by atoms with Crippen LogP contribution >= 0.6 is 34.8 Å². The van der Waals surface area contributed by atoms with E-state index in [-0.39, 0.29) is 16.0 Å². The van der Waals surface area contributed by atoms with Gasteiger partial charge in [0, 0.05) is 5.56 Å². The minimum atomic E-state index is -3.81. The molecule has 0 spiro atoms. The van der Waals surface area contributed by atoms with E-state index in [1.807, 2.05) is 4.72 Å². The summed E-state index contributed by atoms with van der Waals surface area (Å²) in [6, 6.07) is 4.09. The summed E-state index contributed by atoms with van der Waals surface area (Å²) in [7, 11) is -3.81. The third-order valence-electron chi connectivity index (χ3n) is 2.08. The number of nitrogens with one attached hydrogen (secondary N) is 1. The molecule has 0 bridgehead atoms. The molecule has 1 aromatic rings. The molecule has 0 atom stereocenters. The molecular weight excluding hydrogens is 297 g/mol. The zero-order valence-electron chi connectivity index (χ0n) is 7.50. The van der Waals surface area contributed by atoms with Crippen LogP contribution in [-0.2, 0) is 13.8 Å². The van der Waals surface area contributed by atoms with E-state index >= 15 is 0 Å². The molecule has 0 radical (unpaired) electrons. The summed E-state index contributed by atoms with van der Waals surface area (Å²) in [5.74, 6) is -0.781. The highest BCUT2D eigenvalue weighted by molar-refractivity contribution is 7.90. The van der Waals surface area contributed by atoms with Gasteiger partial charge in [0.05, 0.1) is 5.56 Å². The molecule has 0 saturated carbocycles. The lowest BCUT2D eigenvalue weighted by Gasteiger charge is -2.13. The number of carbonyl (C=O) groups is 1. The predicted molar refractivity (Wildman–Crippen MR) is 60.3 cm³/mol. The Bertz CT molecular complexity index is 577. The standard InChI is InChI=1S/C8H4Cl3NO3S/c9-8(10,11)4-2-1-3-5-6(4)7(13)12-16(5,14)15/h1-3H,(H,12,13). The van der Waals surface area contributed by atoms with Crippen molar-refractivity contribution in [3.63, 3.8) is 0 Å². The SMILES string of the molecule is O=C1NS(=O)(=O)c2cccc(C(Cl)(Cl)Cl)c21. The number of hydrogen-bond donors (Lipinski definition) is 1. The van der Waals surface area contributed by atoms with Crippen molar-refractivity contribution in [2.75, 3.05) is 0 Å². The van der Waals surface area contributed by atoms with Gasteiger partial charge in [0.2, 0.25) is 3.79 Å². The molecule has 1 aliphatic heterocycles. The van der Waals surface area contributed by atoms with Crippen molar-refractivity contribution in [3.05, 3.63) is 29.3 Å². The maximum atomic E-state index is 11.5. The number of sulfonamides is 1. The summed E-state index contributed by atoms with van der Waals surface area (Å²) in [6.07, 6.45) is 0. The second kappa shape index (κ2) is 3.50. The van der Waals surface area contributed by atoms with Gasteiger partial charge in [0.1, 0.15) is 4.90 Å². The van der Waals surface area contributed by atoms with Gasteiger partial charge in [-0.3, -0.25) is 4.79 Å². The molecule has 1 heterocycles. The first-order chi connectivity index (χ1) is 7.23. The van der Waals surface area contributed by atoms with Crippen LogP contribution in [0.5, 0.6) is 0 Å². The lowest BCUT2D eigenvalue weighted by molar-refractivity contribution is 0.0984. The molecule has 8 heteroatoms. The Hall–Kier alpha value is -0.490. The smallest absolute Gasteiger partial charge is 0.266 e. The van der Waals surface area contributed by atoms with E-state index in [2.05, 4.69) is 0 Å². The van der Waals surface area contributed by atoms with Crippen molar-refractivity contribution in [3.8, 4) is 0 Å². The Labute approximate surface area is 107 Å². The molecule has 0 aliphatic carbocycles. The normalized spacial score (nSPS) is 18.1. The van der Waals surface area contributed by atoms with E-state index in [0.717, 1.165) is 0 Å². The van der Waals surface area contributed by atoms with Gasteiger partial charge in [-0.05, 0) is 6.07 Å². The number of benzene rings is 1. The Morgan fingerprint density at radius 2 is 1.81 bits per heavy atom. The van der Waals surface area contributed by atoms with E-state index in [1.54, 1.807) is 0 Å². The molecule has 1 N–H and O–H groups in total. The number of amides is 1. The van der Waals surface area contributed by atoms with Gasteiger partial charge in [0.25, 0.3) is 15.9 Å². The average molecular weight is 301 g/mol. The number of fused-ring (bicyclic) bond motifs is 1. The van der Waals surface area contributed by atoms with Crippen LogP contribution in [0, 0.1) is 0 Å². The van der Waals surface area contributed by atoms with Crippen LogP contribution in [0.25, 0.3) is 0 Å². The molecule has 16 heavy (non-hydrogen) atoms. The lowest BCUT2D eigenvalue weighted by Crippen LogP contribution is -2.21. The third-order valence-corrected chi connectivity index (χ3v) is 4.06. The molecule has 2 rings (SSSR count). The zero-order valence-corrected chi connectivity index (χ0v) is 10.6. The Morgan fingerprint density at radius 1 is 1.19 bits per heavy atom. The fraction of sp³-hybridized carbons (Fsp3) is 0.125. The van der Waals surface area contributed by atoms with Gasteiger partial charge in [-0.2, -0.15) is 0 Å². The Balaban J connectivity index is 2.82. The zero-order chi connectivity index (χ0) is 12.1. The highest BCUT2D eigenvalue weighted by Crippen LogP contribution is 2.42. The molecule has 1 amide bonds. The highest BCUT2D eigenvalue weighted by atomic mass is 35.6. The van der Waals surface area contributed by atoms with E-state index in [0.29, 0.717) is 0 Å². The van der Waals surface area contributed by atoms with Crippen LogP contribution < -0.4 is 4.72 Å². The van der Waals surface area contributed by atoms with Crippen molar-refractivity contribution in [1.82, 2.24) is 4.72 Å². The maximum Gasteiger partial charge on any atom is 0.266 e. The monoisotopic (exact) mass is 299 g/mol. The van der Waals surface area contributed by atoms with Gasteiger partial charge in [-0.25, -0.2) is 13.1 Å². The summed E-state index contributed by atoms with van der Waals surface area (Å²) in [6.45, 7) is 0. The molecule has 1 aromatic carbocycles. The van der Waals surface area contributed by atoms with Gasteiger partial charge in [-0.1, -0.05) is 46.9 Å². The molecule has 0 unspecified atom stereocenters. The minimum Gasteiger partial charge on any atom is -0.268 e. The second-order valence-electron chi connectivity index (χ2n) is 3.11. The molecule has 0 saturated heterocycles. The van der Waals surface area contributed by atoms with E-state index in [1.165, 1.54) is 18.2 Å². The number of alkyl halides is 3. The van der Waals surface area contributed by atoms with E-state index < -0.39 is 19.7 Å². The summed E-state index contributed by atoms with van der Waals surface area (Å²) in [5, 5.41) is 0. The Morgan fingerprint density at radius 3 is 2.38 bits per heavy atom. The van der Waals surface area contributed by atoms with Crippen molar-refractivity contribution in [2.45, 2.75) is 8.69 Å². The van der Waals surface area contributed by atoms with Gasteiger partial charge in [0.15, 0.2) is 0 Å². The topological polar surface area (TPSA) is 63.2 Å². The van der Waals surface area contributed by atoms with Crippen molar-refractivity contribution < 1.29 is 13.2 Å². The van der Waals surface area contributed by atoms with E-state index in [9.17, 15) is 13.2 Å². The first-order valence-electron chi connectivity index (χ1n) is 4.01. The maximum absolute atomic E-state index is 11.5. The van der Waals surface area contributed by atoms with Crippen LogP contribution in [0.15, 0.2) is 23.1 Å². The van der Waals surface area contributed by atoms with Gasteiger partial charge in [-0.15, -0.1) is 0 Å². The molecule has 1 aliphatic rings. The first-order valence-corrected chi connectivity index (χ1v) is 6.62. The van der Waals surface area contributed by atoms with Crippen LogP contribution in [-0.4, -0.2) is 14.3 Å². The van der Waals surface area contributed by atoms with Crippen LogP contribution in [0.4, 0.5) is 0 Å². The molecule has 86 valence electrons. The average Bonchev–Trinajstić information content (AvgIpc) is 2.36. The molecule has 0 aromatic heterocycles. The number of halogens is 3. The van der Waals surface area contributed by atoms with Gasteiger partial charge >= 0.3 is 0 Å². The van der Waals surface area contributed by atoms with Crippen LogP contribution in [0.3, 0.4) is 0 Å². The number of rotatable bonds is 0. The number of carbonyl (C=O) groups excluding carboxylic acids is 1. The predicted octanol–water partition coefficient (Wildman–Crippen LogP) is 1.95. The van der Waals surface area contributed by atoms with E-state index in [4.69, 9.17) is 34.8 Å². The van der Waals surface area contributed by atoms with Crippen molar-refractivity contribution in [1.29, 1.82) is 0 Å². The van der Waals surface area contributed by atoms with Crippen LogP contribution in [0.2, 0.25) is 0 Å². The quantitative estimate of drug-likeness (QED) is 0.745. The molecular formula is C8H4Cl3NO3S. The van der Waals surface area contributed by atoms with Crippen molar-refractivity contribution >= 4 is 50.7 Å². The lowest BCUT2D eigenvalue weighted by atomic mass is 10.1. The van der Waals surface area contributed by atoms with Crippen LogP contribution in [0.1, 0.15) is 15.9 Å². The van der Waals surface area contributed by atoms with Gasteiger partial charge < -0.3 is 0 Å². The minimum absolute atomic E-state index is 0.0496. The summed E-state index contributed by atoms with van der Waals surface area (Å²) >= 11 is 17.0.